The largest absolute Gasteiger partial charge is 0.444 e. The Balaban J connectivity index is 2.03. The first-order valence-corrected chi connectivity index (χ1v) is 6.48. The topological polar surface area (TPSA) is 29.5 Å². The van der Waals surface area contributed by atoms with Gasteiger partial charge in [-0.15, -0.1) is 6.58 Å². The Hall–Kier alpha value is -0.990. The monoisotopic (exact) mass is 237 g/mol. The summed E-state index contributed by atoms with van der Waals surface area (Å²) in [5.41, 5.74) is -0.243. The van der Waals surface area contributed by atoms with E-state index in [2.05, 4.69) is 12.7 Å². The van der Waals surface area contributed by atoms with Gasteiger partial charge in [0.15, 0.2) is 0 Å². The molecular weight excluding hydrogens is 214 g/mol. The van der Waals surface area contributed by atoms with Crippen molar-refractivity contribution in [3.63, 3.8) is 0 Å². The highest BCUT2D eigenvalue weighted by molar-refractivity contribution is 5.68. The van der Waals surface area contributed by atoms with Crippen LogP contribution in [0.1, 0.15) is 40.0 Å². The van der Waals surface area contributed by atoms with Gasteiger partial charge in [0, 0.05) is 18.5 Å². The highest BCUT2D eigenvalue weighted by Crippen LogP contribution is 2.49. The van der Waals surface area contributed by atoms with Crippen molar-refractivity contribution in [3.8, 4) is 0 Å². The number of nitrogens with zero attached hydrogens (tertiary/aromatic N) is 1. The van der Waals surface area contributed by atoms with Crippen molar-refractivity contribution in [3.05, 3.63) is 12.7 Å². The van der Waals surface area contributed by atoms with E-state index in [0.29, 0.717) is 5.92 Å². The van der Waals surface area contributed by atoms with Crippen LogP contribution in [0.5, 0.6) is 0 Å². The minimum Gasteiger partial charge on any atom is -0.444 e. The number of fused-ring (bicyclic) bond motifs is 1. The first-order chi connectivity index (χ1) is 7.86. The fraction of sp³-hybridized carbons (Fsp3) is 0.786. The van der Waals surface area contributed by atoms with Crippen LogP contribution in [-0.4, -0.2) is 29.7 Å². The zero-order valence-electron chi connectivity index (χ0n) is 11.2. The number of amides is 1. The van der Waals surface area contributed by atoms with Crippen LogP contribution in [0.4, 0.5) is 4.79 Å². The van der Waals surface area contributed by atoms with Crippen LogP contribution < -0.4 is 0 Å². The molecule has 0 aromatic carbocycles. The van der Waals surface area contributed by atoms with Gasteiger partial charge in [-0.1, -0.05) is 12.5 Å². The maximum absolute atomic E-state index is 12.0. The molecule has 0 N–H and O–H groups in total. The predicted octanol–water partition coefficient (Wildman–Crippen LogP) is 3.21. The summed E-state index contributed by atoms with van der Waals surface area (Å²) in [7, 11) is 0. The summed E-state index contributed by atoms with van der Waals surface area (Å²) in [6, 6.07) is 0. The molecule has 1 heterocycles. The lowest BCUT2D eigenvalue weighted by molar-refractivity contribution is 0.0274. The fourth-order valence-corrected chi connectivity index (χ4v) is 3.14. The molecule has 3 nitrogen and oxygen atoms in total. The second kappa shape index (κ2) is 4.04. The highest BCUT2D eigenvalue weighted by Gasteiger charge is 2.49. The summed E-state index contributed by atoms with van der Waals surface area (Å²) < 4.78 is 5.43. The fourth-order valence-electron chi connectivity index (χ4n) is 3.14. The molecule has 0 spiro atoms. The van der Waals surface area contributed by atoms with Gasteiger partial charge >= 0.3 is 6.09 Å². The lowest BCUT2D eigenvalue weighted by Gasteiger charge is -2.26. The lowest BCUT2D eigenvalue weighted by Crippen LogP contribution is -2.36. The standard InChI is InChI=1S/C14H23NO2/c1-5-14-8-6-7-11(14)9-15(10-14)12(16)17-13(2,3)4/h5,11H,1,6-10H2,2-4H3/t11-,14+/m0/s1. The Labute approximate surface area is 104 Å². The van der Waals surface area contributed by atoms with Gasteiger partial charge in [-0.05, 0) is 39.5 Å². The van der Waals surface area contributed by atoms with Crippen LogP contribution in [0.15, 0.2) is 12.7 Å². The molecule has 0 aromatic rings. The van der Waals surface area contributed by atoms with Gasteiger partial charge in [-0.2, -0.15) is 0 Å². The molecular formula is C14H23NO2. The third-order valence-corrected chi connectivity index (χ3v) is 3.99. The lowest BCUT2D eigenvalue weighted by atomic mass is 9.81. The Morgan fingerprint density at radius 2 is 2.24 bits per heavy atom. The number of hydrogen-bond acceptors (Lipinski definition) is 2. The number of hydrogen-bond donors (Lipinski definition) is 0. The van der Waals surface area contributed by atoms with E-state index in [-0.39, 0.29) is 11.5 Å². The first kappa shape index (κ1) is 12.5. The molecule has 1 aliphatic heterocycles. The molecule has 0 unspecified atom stereocenters. The molecule has 96 valence electrons. The van der Waals surface area contributed by atoms with Crippen molar-refractivity contribution >= 4 is 6.09 Å². The average molecular weight is 237 g/mol. The van der Waals surface area contributed by atoms with Crippen LogP contribution in [-0.2, 0) is 4.74 Å². The van der Waals surface area contributed by atoms with Crippen LogP contribution in [0, 0.1) is 11.3 Å². The molecule has 2 atom stereocenters. The zero-order chi connectivity index (χ0) is 12.7. The smallest absolute Gasteiger partial charge is 0.410 e. The predicted molar refractivity (Wildman–Crippen MR) is 67.8 cm³/mol. The van der Waals surface area contributed by atoms with E-state index in [4.69, 9.17) is 4.74 Å². The van der Waals surface area contributed by atoms with Crippen LogP contribution >= 0.6 is 0 Å². The maximum Gasteiger partial charge on any atom is 0.410 e. The van der Waals surface area contributed by atoms with E-state index in [0.717, 1.165) is 13.1 Å². The molecule has 0 bridgehead atoms. The van der Waals surface area contributed by atoms with Crippen LogP contribution in [0.3, 0.4) is 0 Å². The summed E-state index contributed by atoms with van der Waals surface area (Å²) in [5.74, 6) is 0.590. The minimum absolute atomic E-state index is 0.164. The van der Waals surface area contributed by atoms with Gasteiger partial charge in [0.05, 0.1) is 0 Å². The van der Waals surface area contributed by atoms with E-state index >= 15 is 0 Å². The summed E-state index contributed by atoms with van der Waals surface area (Å²) in [6.45, 7) is 11.3. The van der Waals surface area contributed by atoms with E-state index < -0.39 is 5.60 Å². The van der Waals surface area contributed by atoms with E-state index in [1.165, 1.54) is 19.3 Å². The molecule has 1 aliphatic carbocycles. The van der Waals surface area contributed by atoms with Crippen molar-refractivity contribution in [1.82, 2.24) is 4.90 Å². The Bertz CT molecular complexity index is 332. The van der Waals surface area contributed by atoms with Gasteiger partial charge in [0.25, 0.3) is 0 Å². The third kappa shape index (κ3) is 2.33. The highest BCUT2D eigenvalue weighted by atomic mass is 16.6. The van der Waals surface area contributed by atoms with Crippen molar-refractivity contribution in [2.75, 3.05) is 13.1 Å². The Morgan fingerprint density at radius 3 is 2.76 bits per heavy atom. The number of rotatable bonds is 1. The van der Waals surface area contributed by atoms with E-state index in [1.54, 1.807) is 0 Å². The van der Waals surface area contributed by atoms with Crippen molar-refractivity contribution in [2.24, 2.45) is 11.3 Å². The summed E-state index contributed by atoms with van der Waals surface area (Å²) in [4.78, 5) is 13.9. The first-order valence-electron chi connectivity index (χ1n) is 6.48. The number of carbonyl (C=O) groups is 1. The number of likely N-dealkylation sites (tertiary alicyclic amines) is 1. The minimum atomic E-state index is -0.407. The molecule has 3 heteroatoms. The third-order valence-electron chi connectivity index (χ3n) is 3.99. The molecule has 0 aromatic heterocycles. The quantitative estimate of drug-likeness (QED) is 0.655. The maximum atomic E-state index is 12.0. The molecule has 2 rings (SSSR count). The molecule has 2 fully saturated rings. The van der Waals surface area contributed by atoms with Gasteiger partial charge in [0.1, 0.15) is 5.60 Å². The van der Waals surface area contributed by atoms with Crippen molar-refractivity contribution < 1.29 is 9.53 Å². The molecule has 2 aliphatic rings. The van der Waals surface area contributed by atoms with Crippen molar-refractivity contribution in [1.29, 1.82) is 0 Å². The molecule has 17 heavy (non-hydrogen) atoms. The SMILES string of the molecule is C=C[C@]12CCC[C@H]1CN(C(=O)OC(C)(C)C)C2. The van der Waals surface area contributed by atoms with E-state index in [9.17, 15) is 4.79 Å². The number of carbonyl (C=O) groups excluding carboxylic acids is 1. The number of ether oxygens (including phenoxy) is 1. The molecule has 1 saturated heterocycles. The van der Waals surface area contributed by atoms with Gasteiger partial charge in [-0.25, -0.2) is 4.79 Å². The second-order valence-electron chi connectivity index (χ2n) is 6.39. The van der Waals surface area contributed by atoms with Gasteiger partial charge in [0.2, 0.25) is 0 Å². The second-order valence-corrected chi connectivity index (χ2v) is 6.39. The Morgan fingerprint density at radius 1 is 1.53 bits per heavy atom. The van der Waals surface area contributed by atoms with Gasteiger partial charge < -0.3 is 9.64 Å². The zero-order valence-corrected chi connectivity index (χ0v) is 11.2. The van der Waals surface area contributed by atoms with Gasteiger partial charge in [-0.3, -0.25) is 0 Å². The van der Waals surface area contributed by atoms with Crippen molar-refractivity contribution in [2.45, 2.75) is 45.6 Å². The summed E-state index contributed by atoms with van der Waals surface area (Å²) >= 11 is 0. The molecule has 1 saturated carbocycles. The summed E-state index contributed by atoms with van der Waals surface area (Å²) in [6.07, 6.45) is 5.53. The molecule has 1 amide bonds. The van der Waals surface area contributed by atoms with Crippen LogP contribution in [0.25, 0.3) is 0 Å². The average Bonchev–Trinajstić information content (AvgIpc) is 2.70. The summed E-state index contributed by atoms with van der Waals surface area (Å²) in [5, 5.41) is 0. The normalized spacial score (nSPS) is 32.4. The Kier molecular flexibility index (Phi) is 2.96. The molecule has 0 radical (unpaired) electrons. The van der Waals surface area contributed by atoms with Crippen LogP contribution in [0.2, 0.25) is 0 Å². The van der Waals surface area contributed by atoms with E-state index in [1.807, 2.05) is 25.7 Å².